The van der Waals surface area contributed by atoms with Crippen molar-refractivity contribution in [2.45, 2.75) is 25.8 Å². The van der Waals surface area contributed by atoms with E-state index in [1.807, 2.05) is 30.7 Å². The number of aromatic nitrogens is 3. The zero-order chi connectivity index (χ0) is 21.9. The van der Waals surface area contributed by atoms with Crippen molar-refractivity contribution in [3.8, 4) is 0 Å². The second kappa shape index (κ2) is 13.8. The Kier molecular flexibility index (Phi) is 11.2. The number of aliphatic imine (C=N–C) groups is 1. The van der Waals surface area contributed by atoms with Crippen LogP contribution in [-0.2, 0) is 18.3 Å². The highest BCUT2D eigenvalue weighted by Crippen LogP contribution is 2.23. The van der Waals surface area contributed by atoms with E-state index in [-0.39, 0.29) is 29.9 Å². The van der Waals surface area contributed by atoms with Crippen molar-refractivity contribution < 1.29 is 4.74 Å². The molecule has 0 saturated carbocycles. The summed E-state index contributed by atoms with van der Waals surface area (Å²) in [6, 6.07) is 21.1. The lowest BCUT2D eigenvalue weighted by molar-refractivity contribution is 0.195. The Balaban J connectivity index is 0.00000363. The molecule has 0 saturated heterocycles. The van der Waals surface area contributed by atoms with Crippen molar-refractivity contribution in [3.05, 3.63) is 83.4 Å². The largest absolute Gasteiger partial charge is 0.385 e. The summed E-state index contributed by atoms with van der Waals surface area (Å²) in [6.07, 6.45) is 0.904. The quantitative estimate of drug-likeness (QED) is 0.175. The van der Waals surface area contributed by atoms with Gasteiger partial charge in [-0.25, -0.2) is 4.99 Å². The molecule has 172 valence electrons. The maximum absolute atomic E-state index is 5.16. The highest BCUT2D eigenvalue weighted by atomic mass is 127. The maximum Gasteiger partial charge on any atom is 0.191 e. The minimum atomic E-state index is 0. The average Bonchev–Trinajstić information content (AvgIpc) is 3.13. The van der Waals surface area contributed by atoms with Gasteiger partial charge in [-0.05, 0) is 24.5 Å². The Morgan fingerprint density at radius 1 is 1.00 bits per heavy atom. The number of guanidine groups is 1. The summed E-state index contributed by atoms with van der Waals surface area (Å²) in [7, 11) is 3.67. The Morgan fingerprint density at radius 3 is 2.16 bits per heavy atom. The molecule has 2 N–H and O–H groups in total. The summed E-state index contributed by atoms with van der Waals surface area (Å²) in [5.41, 5.74) is 2.53. The van der Waals surface area contributed by atoms with Crippen LogP contribution < -0.4 is 10.6 Å². The minimum absolute atomic E-state index is 0. The standard InChI is InChI=1S/C24H32N6O.HI/c1-19-28-29-23(30(19)2)18-27-24(25-15-10-16-31-3)26-17-22(20-11-6-4-7-12-20)21-13-8-5-9-14-21;/h4-9,11-14,22H,10,15-18H2,1-3H3,(H2,25,26,27);1H. The monoisotopic (exact) mass is 548 g/mol. The first-order valence-corrected chi connectivity index (χ1v) is 10.6. The molecule has 3 rings (SSSR count). The number of rotatable bonds is 10. The van der Waals surface area contributed by atoms with Crippen LogP contribution >= 0.6 is 24.0 Å². The topological polar surface area (TPSA) is 76.4 Å². The molecule has 1 heterocycles. The van der Waals surface area contributed by atoms with Crippen LogP contribution in [0.15, 0.2) is 65.7 Å². The lowest BCUT2D eigenvalue weighted by Gasteiger charge is -2.21. The molecule has 3 aromatic rings. The summed E-state index contributed by atoms with van der Waals surface area (Å²) >= 11 is 0. The molecule has 0 amide bonds. The second-order valence-electron chi connectivity index (χ2n) is 7.42. The van der Waals surface area contributed by atoms with E-state index in [9.17, 15) is 0 Å². The van der Waals surface area contributed by atoms with Gasteiger partial charge in [-0.15, -0.1) is 34.2 Å². The van der Waals surface area contributed by atoms with Gasteiger partial charge in [0.1, 0.15) is 12.4 Å². The number of methoxy groups -OCH3 is 1. The molecule has 0 unspecified atom stereocenters. The van der Waals surface area contributed by atoms with Crippen LogP contribution in [0.5, 0.6) is 0 Å². The van der Waals surface area contributed by atoms with E-state index in [4.69, 9.17) is 9.73 Å². The van der Waals surface area contributed by atoms with E-state index >= 15 is 0 Å². The molecule has 0 aliphatic rings. The fourth-order valence-electron chi connectivity index (χ4n) is 3.33. The summed E-state index contributed by atoms with van der Waals surface area (Å²) in [4.78, 5) is 4.76. The number of hydrogen-bond donors (Lipinski definition) is 2. The number of hydrogen-bond acceptors (Lipinski definition) is 4. The molecule has 32 heavy (non-hydrogen) atoms. The maximum atomic E-state index is 5.16. The molecule has 0 spiro atoms. The Morgan fingerprint density at radius 2 is 1.62 bits per heavy atom. The predicted octanol–water partition coefficient (Wildman–Crippen LogP) is 3.65. The van der Waals surface area contributed by atoms with E-state index in [1.54, 1.807) is 7.11 Å². The van der Waals surface area contributed by atoms with Gasteiger partial charge in [-0.1, -0.05) is 60.7 Å². The second-order valence-corrected chi connectivity index (χ2v) is 7.42. The normalized spacial score (nSPS) is 11.3. The highest BCUT2D eigenvalue weighted by molar-refractivity contribution is 14.0. The number of nitrogens with zero attached hydrogens (tertiary/aromatic N) is 4. The first kappa shape index (κ1) is 25.8. The van der Waals surface area contributed by atoms with Crippen LogP contribution in [0.1, 0.15) is 35.1 Å². The first-order valence-electron chi connectivity index (χ1n) is 10.6. The number of halogens is 1. The zero-order valence-corrected chi connectivity index (χ0v) is 21.3. The molecule has 8 heteroatoms. The van der Waals surface area contributed by atoms with Gasteiger partial charge in [0.15, 0.2) is 11.8 Å². The molecule has 0 fully saturated rings. The van der Waals surface area contributed by atoms with Crippen LogP contribution in [0, 0.1) is 6.92 Å². The molecule has 0 atom stereocenters. The molecule has 1 aromatic heterocycles. The van der Waals surface area contributed by atoms with Gasteiger partial charge < -0.3 is 19.9 Å². The molecular weight excluding hydrogens is 515 g/mol. The van der Waals surface area contributed by atoms with Crippen LogP contribution in [0.25, 0.3) is 0 Å². The number of nitrogens with one attached hydrogen (secondary N) is 2. The molecular formula is C24H33IN6O. The van der Waals surface area contributed by atoms with Crippen molar-refractivity contribution in [1.82, 2.24) is 25.4 Å². The third kappa shape index (κ3) is 7.59. The Labute approximate surface area is 207 Å². The van der Waals surface area contributed by atoms with Crippen LogP contribution in [0.4, 0.5) is 0 Å². The van der Waals surface area contributed by atoms with Crippen molar-refractivity contribution in [2.24, 2.45) is 12.0 Å². The SMILES string of the molecule is COCCCNC(=NCc1nnc(C)n1C)NCC(c1ccccc1)c1ccccc1.I. The summed E-state index contributed by atoms with van der Waals surface area (Å²) < 4.78 is 7.12. The number of benzene rings is 2. The summed E-state index contributed by atoms with van der Waals surface area (Å²) in [5.74, 6) is 2.68. The molecule has 0 aliphatic heterocycles. The first-order chi connectivity index (χ1) is 15.2. The number of ether oxygens (including phenoxy) is 1. The van der Waals surface area contributed by atoms with Gasteiger partial charge in [0.25, 0.3) is 0 Å². The molecule has 0 bridgehead atoms. The minimum Gasteiger partial charge on any atom is -0.385 e. The van der Waals surface area contributed by atoms with Crippen molar-refractivity contribution in [2.75, 3.05) is 26.8 Å². The van der Waals surface area contributed by atoms with E-state index < -0.39 is 0 Å². The lowest BCUT2D eigenvalue weighted by atomic mass is 9.91. The third-order valence-corrected chi connectivity index (χ3v) is 5.26. The van der Waals surface area contributed by atoms with Gasteiger partial charge in [0, 0.05) is 39.8 Å². The van der Waals surface area contributed by atoms with Crippen LogP contribution in [0.2, 0.25) is 0 Å². The van der Waals surface area contributed by atoms with Crippen LogP contribution in [-0.4, -0.2) is 47.5 Å². The molecule has 0 radical (unpaired) electrons. The van der Waals surface area contributed by atoms with E-state index in [0.29, 0.717) is 13.2 Å². The fourth-order valence-corrected chi connectivity index (χ4v) is 3.33. The van der Waals surface area contributed by atoms with E-state index in [1.165, 1.54) is 11.1 Å². The zero-order valence-electron chi connectivity index (χ0n) is 19.0. The fraction of sp³-hybridized carbons (Fsp3) is 0.375. The third-order valence-electron chi connectivity index (χ3n) is 5.26. The lowest BCUT2D eigenvalue weighted by Crippen LogP contribution is -2.40. The molecule has 7 nitrogen and oxygen atoms in total. The average molecular weight is 548 g/mol. The smallest absolute Gasteiger partial charge is 0.191 e. The molecule has 2 aromatic carbocycles. The van der Waals surface area contributed by atoms with E-state index in [0.717, 1.165) is 37.1 Å². The number of aryl methyl sites for hydroxylation is 1. The predicted molar refractivity (Wildman–Crippen MR) is 140 cm³/mol. The van der Waals surface area contributed by atoms with E-state index in [2.05, 4.69) is 69.4 Å². The highest BCUT2D eigenvalue weighted by Gasteiger charge is 2.15. The van der Waals surface area contributed by atoms with Crippen molar-refractivity contribution in [1.29, 1.82) is 0 Å². The Hall–Kier alpha value is -2.46. The van der Waals surface area contributed by atoms with Gasteiger partial charge in [0.05, 0.1) is 0 Å². The Bertz CT molecular complexity index is 906. The molecule has 0 aliphatic carbocycles. The van der Waals surface area contributed by atoms with Gasteiger partial charge in [0.2, 0.25) is 0 Å². The van der Waals surface area contributed by atoms with Gasteiger partial charge in [-0.2, -0.15) is 0 Å². The van der Waals surface area contributed by atoms with Crippen LogP contribution in [0.3, 0.4) is 0 Å². The van der Waals surface area contributed by atoms with Gasteiger partial charge in [-0.3, -0.25) is 0 Å². The summed E-state index contributed by atoms with van der Waals surface area (Å²) in [5, 5.41) is 15.3. The van der Waals surface area contributed by atoms with Crippen molar-refractivity contribution >= 4 is 29.9 Å². The van der Waals surface area contributed by atoms with Crippen molar-refractivity contribution in [3.63, 3.8) is 0 Å². The summed E-state index contributed by atoms with van der Waals surface area (Å²) in [6.45, 7) is 4.60. The van der Waals surface area contributed by atoms with Gasteiger partial charge >= 0.3 is 0 Å².